The number of carbonyl (C=O) groups excluding carboxylic acids is 2. The molecule has 3 rings (SSSR count). The summed E-state index contributed by atoms with van der Waals surface area (Å²) in [6.07, 6.45) is 1.94. The topological polar surface area (TPSA) is 104 Å². The molecule has 0 saturated heterocycles. The number of ether oxygens (including phenoxy) is 2. The minimum Gasteiger partial charge on any atom is -0.497 e. The van der Waals surface area contributed by atoms with Gasteiger partial charge in [0.1, 0.15) is 18.0 Å². The lowest BCUT2D eigenvalue weighted by Crippen LogP contribution is -2.25. The van der Waals surface area contributed by atoms with Crippen molar-refractivity contribution in [3.63, 3.8) is 0 Å². The Morgan fingerprint density at radius 1 is 1.16 bits per heavy atom. The Morgan fingerprint density at radius 2 is 1.94 bits per heavy atom. The first-order valence-corrected chi connectivity index (χ1v) is 10.1. The SMILES string of the molecule is COc1ccc2c(C(=O)c3ccc(OCCCO)nc3)nn(CC(=O)C(C)(C)C)c2c1. The summed E-state index contributed by atoms with van der Waals surface area (Å²) in [5, 5.41) is 13.9. The number of aliphatic hydroxyl groups is 1. The molecule has 164 valence electrons. The lowest BCUT2D eigenvalue weighted by molar-refractivity contribution is -0.127. The van der Waals surface area contributed by atoms with Crippen LogP contribution in [0, 0.1) is 5.41 Å². The summed E-state index contributed by atoms with van der Waals surface area (Å²) in [7, 11) is 1.56. The number of methoxy groups -OCH3 is 1. The highest BCUT2D eigenvalue weighted by molar-refractivity contribution is 6.15. The molecule has 0 saturated carbocycles. The molecule has 2 heterocycles. The van der Waals surface area contributed by atoms with Gasteiger partial charge in [0.05, 0.1) is 19.2 Å². The zero-order valence-electron chi connectivity index (χ0n) is 18.2. The standard InChI is InChI=1S/C23H27N3O5/c1-23(2,3)19(28)14-26-18-12-16(30-4)7-8-17(18)21(25-26)22(29)15-6-9-20(24-13-15)31-11-5-10-27/h6-9,12-13,27H,5,10-11,14H2,1-4H3. The quantitative estimate of drug-likeness (QED) is 0.415. The highest BCUT2D eigenvalue weighted by Crippen LogP contribution is 2.27. The van der Waals surface area contributed by atoms with Crippen LogP contribution in [0.3, 0.4) is 0 Å². The van der Waals surface area contributed by atoms with Crippen LogP contribution in [0.1, 0.15) is 43.2 Å². The summed E-state index contributed by atoms with van der Waals surface area (Å²) < 4.78 is 12.3. The third-order valence-corrected chi connectivity index (χ3v) is 4.85. The van der Waals surface area contributed by atoms with Crippen LogP contribution in [0.4, 0.5) is 0 Å². The van der Waals surface area contributed by atoms with Crippen molar-refractivity contribution in [3.8, 4) is 11.6 Å². The van der Waals surface area contributed by atoms with Gasteiger partial charge in [0.25, 0.3) is 0 Å². The predicted molar refractivity (Wildman–Crippen MR) is 116 cm³/mol. The van der Waals surface area contributed by atoms with Gasteiger partial charge in [-0.15, -0.1) is 0 Å². The van der Waals surface area contributed by atoms with E-state index in [4.69, 9.17) is 14.6 Å². The molecule has 0 aliphatic carbocycles. The molecule has 0 unspecified atom stereocenters. The van der Waals surface area contributed by atoms with E-state index in [1.54, 1.807) is 42.1 Å². The molecule has 1 aromatic carbocycles. The van der Waals surface area contributed by atoms with E-state index in [-0.39, 0.29) is 30.4 Å². The van der Waals surface area contributed by atoms with Crippen molar-refractivity contribution in [1.29, 1.82) is 0 Å². The third kappa shape index (κ3) is 5.08. The van der Waals surface area contributed by atoms with Crippen molar-refractivity contribution in [3.05, 3.63) is 47.8 Å². The monoisotopic (exact) mass is 425 g/mol. The molecule has 8 heteroatoms. The fourth-order valence-corrected chi connectivity index (χ4v) is 2.92. The Bertz CT molecular complexity index is 1080. The molecule has 31 heavy (non-hydrogen) atoms. The van der Waals surface area contributed by atoms with Gasteiger partial charge < -0.3 is 14.6 Å². The van der Waals surface area contributed by atoms with E-state index in [1.807, 2.05) is 20.8 Å². The molecule has 0 radical (unpaired) electrons. The van der Waals surface area contributed by atoms with E-state index in [0.717, 1.165) is 0 Å². The zero-order chi connectivity index (χ0) is 22.6. The number of benzene rings is 1. The zero-order valence-corrected chi connectivity index (χ0v) is 18.2. The summed E-state index contributed by atoms with van der Waals surface area (Å²) in [5.41, 5.74) is 0.725. The van der Waals surface area contributed by atoms with Crippen LogP contribution in [0.15, 0.2) is 36.5 Å². The van der Waals surface area contributed by atoms with Gasteiger partial charge in [0.15, 0.2) is 5.78 Å². The molecule has 0 fully saturated rings. The number of nitrogens with zero attached hydrogens (tertiary/aromatic N) is 3. The molecule has 0 bridgehead atoms. The molecular formula is C23H27N3O5. The minimum atomic E-state index is -0.531. The first-order chi connectivity index (χ1) is 14.7. The van der Waals surface area contributed by atoms with Gasteiger partial charge in [-0.2, -0.15) is 5.10 Å². The Hall–Kier alpha value is -3.26. The fraction of sp³-hybridized carbons (Fsp3) is 0.391. The van der Waals surface area contributed by atoms with E-state index >= 15 is 0 Å². The molecule has 0 aliphatic heterocycles. The number of hydrogen-bond acceptors (Lipinski definition) is 7. The maximum Gasteiger partial charge on any atom is 0.215 e. The lowest BCUT2D eigenvalue weighted by Gasteiger charge is -2.16. The van der Waals surface area contributed by atoms with Gasteiger partial charge in [0, 0.05) is 47.7 Å². The Morgan fingerprint density at radius 3 is 2.55 bits per heavy atom. The van der Waals surface area contributed by atoms with Crippen molar-refractivity contribution in [2.24, 2.45) is 5.41 Å². The van der Waals surface area contributed by atoms with E-state index < -0.39 is 5.41 Å². The van der Waals surface area contributed by atoms with Crippen molar-refractivity contribution in [2.75, 3.05) is 20.3 Å². The second-order valence-electron chi connectivity index (χ2n) is 8.20. The smallest absolute Gasteiger partial charge is 0.215 e. The van der Waals surface area contributed by atoms with Crippen molar-refractivity contribution >= 4 is 22.5 Å². The molecule has 0 atom stereocenters. The highest BCUT2D eigenvalue weighted by atomic mass is 16.5. The van der Waals surface area contributed by atoms with Crippen molar-refractivity contribution < 1.29 is 24.2 Å². The van der Waals surface area contributed by atoms with Crippen LogP contribution in [0.5, 0.6) is 11.6 Å². The first kappa shape index (κ1) is 22.4. The minimum absolute atomic E-state index is 0.00441. The van der Waals surface area contributed by atoms with Gasteiger partial charge in [-0.05, 0) is 18.2 Å². The molecule has 8 nitrogen and oxygen atoms in total. The average Bonchev–Trinajstić information content (AvgIpc) is 3.10. The van der Waals surface area contributed by atoms with Crippen LogP contribution in [-0.4, -0.2) is 51.8 Å². The predicted octanol–water partition coefficient (Wildman–Crippen LogP) is 3.05. The molecule has 0 aliphatic rings. The van der Waals surface area contributed by atoms with Crippen molar-refractivity contribution in [1.82, 2.24) is 14.8 Å². The summed E-state index contributed by atoms with van der Waals surface area (Å²) in [6.45, 7) is 5.98. The summed E-state index contributed by atoms with van der Waals surface area (Å²) in [4.78, 5) is 29.9. The molecule has 2 aromatic heterocycles. The Kier molecular flexibility index (Phi) is 6.70. The molecule has 1 N–H and O–H groups in total. The van der Waals surface area contributed by atoms with E-state index in [2.05, 4.69) is 10.1 Å². The number of hydrogen-bond donors (Lipinski definition) is 1. The number of ketones is 2. The van der Waals surface area contributed by atoms with Crippen LogP contribution in [0.2, 0.25) is 0 Å². The van der Waals surface area contributed by atoms with E-state index in [1.165, 1.54) is 6.20 Å². The third-order valence-electron chi connectivity index (χ3n) is 4.85. The largest absolute Gasteiger partial charge is 0.497 e. The van der Waals surface area contributed by atoms with E-state index in [0.29, 0.717) is 41.1 Å². The van der Waals surface area contributed by atoms with Gasteiger partial charge in [-0.25, -0.2) is 4.98 Å². The van der Waals surface area contributed by atoms with E-state index in [9.17, 15) is 9.59 Å². The number of Topliss-reactive ketones (excluding diaryl/α,β-unsaturated/α-hetero) is 1. The Labute approximate surface area is 180 Å². The van der Waals surface area contributed by atoms with Gasteiger partial charge in [-0.3, -0.25) is 14.3 Å². The first-order valence-electron chi connectivity index (χ1n) is 10.1. The summed E-state index contributed by atoms with van der Waals surface area (Å²) in [6, 6.07) is 8.53. The number of aromatic nitrogens is 3. The normalized spacial score (nSPS) is 11.5. The second kappa shape index (κ2) is 9.26. The van der Waals surface area contributed by atoms with Gasteiger partial charge >= 0.3 is 0 Å². The van der Waals surface area contributed by atoms with Crippen LogP contribution in [-0.2, 0) is 11.3 Å². The van der Waals surface area contributed by atoms with Crippen molar-refractivity contribution in [2.45, 2.75) is 33.7 Å². The molecule has 0 amide bonds. The summed E-state index contributed by atoms with van der Waals surface area (Å²) in [5.74, 6) is 0.694. The maximum absolute atomic E-state index is 13.2. The number of rotatable bonds is 9. The molecular weight excluding hydrogens is 398 g/mol. The van der Waals surface area contributed by atoms with Crippen LogP contribution in [0.25, 0.3) is 10.9 Å². The highest BCUT2D eigenvalue weighted by Gasteiger charge is 2.25. The van der Waals surface area contributed by atoms with Gasteiger partial charge in [0.2, 0.25) is 11.7 Å². The summed E-state index contributed by atoms with van der Waals surface area (Å²) >= 11 is 0. The fourth-order valence-electron chi connectivity index (χ4n) is 2.92. The lowest BCUT2D eigenvalue weighted by atomic mass is 9.91. The number of pyridine rings is 1. The van der Waals surface area contributed by atoms with Gasteiger partial charge in [-0.1, -0.05) is 20.8 Å². The molecule has 0 spiro atoms. The van der Waals surface area contributed by atoms with Crippen LogP contribution < -0.4 is 9.47 Å². The number of carbonyl (C=O) groups is 2. The molecule has 3 aromatic rings. The maximum atomic E-state index is 13.2. The Balaban J connectivity index is 1.95. The number of aliphatic hydroxyl groups excluding tert-OH is 1. The second-order valence-corrected chi connectivity index (χ2v) is 8.20. The number of fused-ring (bicyclic) bond motifs is 1. The average molecular weight is 425 g/mol. The van der Waals surface area contributed by atoms with Crippen LogP contribution >= 0.6 is 0 Å².